The van der Waals surface area contributed by atoms with Crippen molar-refractivity contribution < 1.29 is 19.1 Å². The van der Waals surface area contributed by atoms with Crippen molar-refractivity contribution in [1.29, 1.82) is 0 Å². The number of amides is 1. The molecule has 0 aliphatic rings. The molecule has 0 bridgehead atoms. The van der Waals surface area contributed by atoms with Crippen LogP contribution in [0.3, 0.4) is 0 Å². The van der Waals surface area contributed by atoms with E-state index in [9.17, 15) is 9.59 Å². The minimum Gasteiger partial charge on any atom is -0.490 e. The van der Waals surface area contributed by atoms with Gasteiger partial charge in [0.2, 0.25) is 0 Å². The Morgan fingerprint density at radius 1 is 1.00 bits per heavy atom. The summed E-state index contributed by atoms with van der Waals surface area (Å²) in [6.45, 7) is 4.10. The van der Waals surface area contributed by atoms with Crippen molar-refractivity contribution in [1.82, 2.24) is 5.32 Å². The van der Waals surface area contributed by atoms with Crippen molar-refractivity contribution in [2.24, 2.45) is 0 Å². The fraction of sp³-hybridized carbons (Fsp3) is 0.263. The SMILES string of the molecule is Cc1ccc(C(=O)NCC(=O)OCCOc2ccc(Br)cc2)cc1C. The van der Waals surface area contributed by atoms with Gasteiger partial charge < -0.3 is 14.8 Å². The standard InChI is InChI=1S/C19H20BrNO4/c1-13-3-4-15(11-14(13)2)19(23)21-12-18(22)25-10-9-24-17-7-5-16(20)6-8-17/h3-8,11H,9-10,12H2,1-2H3,(H,21,23). The van der Waals surface area contributed by atoms with Crippen molar-refractivity contribution in [2.45, 2.75) is 13.8 Å². The largest absolute Gasteiger partial charge is 0.490 e. The van der Waals surface area contributed by atoms with E-state index in [4.69, 9.17) is 9.47 Å². The highest BCUT2D eigenvalue weighted by Gasteiger charge is 2.09. The monoisotopic (exact) mass is 405 g/mol. The Labute approximate surface area is 155 Å². The third kappa shape index (κ3) is 6.23. The first-order valence-electron chi connectivity index (χ1n) is 7.85. The molecule has 25 heavy (non-hydrogen) atoms. The molecule has 2 aromatic rings. The van der Waals surface area contributed by atoms with Crippen LogP contribution >= 0.6 is 15.9 Å². The highest BCUT2D eigenvalue weighted by Crippen LogP contribution is 2.15. The van der Waals surface area contributed by atoms with Crippen molar-refractivity contribution in [3.63, 3.8) is 0 Å². The number of carbonyl (C=O) groups excluding carboxylic acids is 2. The van der Waals surface area contributed by atoms with E-state index in [-0.39, 0.29) is 25.7 Å². The first-order valence-corrected chi connectivity index (χ1v) is 8.64. The smallest absolute Gasteiger partial charge is 0.325 e. The number of hydrogen-bond donors (Lipinski definition) is 1. The molecule has 132 valence electrons. The molecular formula is C19H20BrNO4. The van der Waals surface area contributed by atoms with Gasteiger partial charge >= 0.3 is 5.97 Å². The van der Waals surface area contributed by atoms with Gasteiger partial charge in [-0.05, 0) is 61.4 Å². The molecule has 2 rings (SSSR count). The summed E-state index contributed by atoms with van der Waals surface area (Å²) < 4.78 is 11.4. The van der Waals surface area contributed by atoms with Gasteiger partial charge in [-0.3, -0.25) is 9.59 Å². The fourth-order valence-electron chi connectivity index (χ4n) is 2.03. The number of carbonyl (C=O) groups is 2. The molecule has 0 saturated carbocycles. The Morgan fingerprint density at radius 3 is 2.40 bits per heavy atom. The van der Waals surface area contributed by atoms with E-state index < -0.39 is 5.97 Å². The molecule has 0 atom stereocenters. The summed E-state index contributed by atoms with van der Waals surface area (Å²) in [6.07, 6.45) is 0. The molecule has 6 heteroatoms. The average Bonchev–Trinajstić information content (AvgIpc) is 2.60. The maximum Gasteiger partial charge on any atom is 0.325 e. The molecule has 0 fully saturated rings. The summed E-state index contributed by atoms with van der Waals surface area (Å²) >= 11 is 3.34. The Balaban J connectivity index is 1.67. The Hall–Kier alpha value is -2.34. The first kappa shape index (κ1) is 19.0. The lowest BCUT2D eigenvalue weighted by Crippen LogP contribution is -2.31. The van der Waals surface area contributed by atoms with Crippen LogP contribution in [0.4, 0.5) is 0 Å². The second kappa shape index (κ2) is 9.22. The molecule has 0 aliphatic heterocycles. The second-order valence-corrected chi connectivity index (χ2v) is 6.42. The molecule has 0 unspecified atom stereocenters. The zero-order valence-electron chi connectivity index (χ0n) is 14.2. The van der Waals surface area contributed by atoms with E-state index in [2.05, 4.69) is 21.2 Å². The van der Waals surface area contributed by atoms with Gasteiger partial charge in [0.05, 0.1) is 0 Å². The van der Waals surface area contributed by atoms with Gasteiger partial charge in [0.1, 0.15) is 25.5 Å². The summed E-state index contributed by atoms with van der Waals surface area (Å²) in [4.78, 5) is 23.7. The molecule has 2 aromatic carbocycles. The van der Waals surface area contributed by atoms with Crippen LogP contribution in [0.15, 0.2) is 46.9 Å². The minimum atomic E-state index is -0.503. The molecule has 5 nitrogen and oxygen atoms in total. The number of benzene rings is 2. The molecular weight excluding hydrogens is 386 g/mol. The number of nitrogens with one attached hydrogen (secondary N) is 1. The minimum absolute atomic E-state index is 0.119. The predicted octanol–water partition coefficient (Wildman–Crippen LogP) is 3.42. The van der Waals surface area contributed by atoms with Crippen LogP contribution in [-0.4, -0.2) is 31.6 Å². The van der Waals surface area contributed by atoms with Crippen molar-refractivity contribution in [3.05, 3.63) is 63.6 Å². The molecule has 0 heterocycles. The molecule has 0 aliphatic carbocycles. The van der Waals surface area contributed by atoms with E-state index in [0.717, 1.165) is 15.6 Å². The number of aryl methyl sites for hydroxylation is 2. The fourth-order valence-corrected chi connectivity index (χ4v) is 2.30. The third-order valence-electron chi connectivity index (χ3n) is 3.59. The summed E-state index contributed by atoms with van der Waals surface area (Å²) in [5.41, 5.74) is 2.66. The van der Waals surface area contributed by atoms with Crippen LogP contribution < -0.4 is 10.1 Å². The summed E-state index contributed by atoms with van der Waals surface area (Å²) in [5, 5.41) is 2.55. The van der Waals surface area contributed by atoms with Gasteiger partial charge in [-0.2, -0.15) is 0 Å². The van der Waals surface area contributed by atoms with E-state index in [1.807, 2.05) is 44.2 Å². The molecule has 0 spiro atoms. The number of rotatable bonds is 7. The van der Waals surface area contributed by atoms with Gasteiger partial charge in [0.25, 0.3) is 5.91 Å². The Morgan fingerprint density at radius 2 is 1.72 bits per heavy atom. The Kier molecular flexibility index (Phi) is 7.01. The van der Waals surface area contributed by atoms with Crippen LogP contribution in [0.5, 0.6) is 5.75 Å². The van der Waals surface area contributed by atoms with Crippen LogP contribution in [0, 0.1) is 13.8 Å². The lowest BCUT2D eigenvalue weighted by Gasteiger charge is -2.09. The lowest BCUT2D eigenvalue weighted by atomic mass is 10.1. The second-order valence-electron chi connectivity index (χ2n) is 5.50. The highest BCUT2D eigenvalue weighted by molar-refractivity contribution is 9.10. The lowest BCUT2D eigenvalue weighted by molar-refractivity contribution is -0.143. The summed E-state index contributed by atoms with van der Waals surface area (Å²) in [7, 11) is 0. The van der Waals surface area contributed by atoms with Crippen LogP contribution in [-0.2, 0) is 9.53 Å². The number of esters is 1. The summed E-state index contributed by atoms with van der Waals surface area (Å²) in [6, 6.07) is 12.8. The average molecular weight is 406 g/mol. The van der Waals surface area contributed by atoms with Gasteiger partial charge in [-0.15, -0.1) is 0 Å². The van der Waals surface area contributed by atoms with Crippen molar-refractivity contribution >= 4 is 27.8 Å². The van der Waals surface area contributed by atoms with E-state index >= 15 is 0 Å². The Bertz CT molecular complexity index is 744. The van der Waals surface area contributed by atoms with Gasteiger partial charge in [0, 0.05) is 10.0 Å². The quantitative estimate of drug-likeness (QED) is 0.566. The van der Waals surface area contributed by atoms with Crippen molar-refractivity contribution in [3.8, 4) is 5.75 Å². The molecule has 0 saturated heterocycles. The van der Waals surface area contributed by atoms with Crippen LogP contribution in [0.2, 0.25) is 0 Å². The zero-order valence-corrected chi connectivity index (χ0v) is 15.8. The number of hydrogen-bond acceptors (Lipinski definition) is 4. The summed E-state index contributed by atoms with van der Waals surface area (Å²) in [5.74, 6) is -0.106. The van der Waals surface area contributed by atoms with Gasteiger partial charge in [-0.25, -0.2) is 0 Å². The van der Waals surface area contributed by atoms with E-state index in [0.29, 0.717) is 11.3 Å². The van der Waals surface area contributed by atoms with E-state index in [1.165, 1.54) is 0 Å². The van der Waals surface area contributed by atoms with Gasteiger partial charge in [0.15, 0.2) is 0 Å². The molecule has 1 amide bonds. The normalized spacial score (nSPS) is 10.2. The van der Waals surface area contributed by atoms with Crippen molar-refractivity contribution in [2.75, 3.05) is 19.8 Å². The zero-order chi connectivity index (χ0) is 18.2. The number of ether oxygens (including phenoxy) is 2. The maximum absolute atomic E-state index is 12.0. The number of halogens is 1. The predicted molar refractivity (Wildman–Crippen MR) is 98.8 cm³/mol. The molecule has 0 aromatic heterocycles. The topological polar surface area (TPSA) is 64.6 Å². The highest BCUT2D eigenvalue weighted by atomic mass is 79.9. The van der Waals surface area contributed by atoms with Gasteiger partial charge in [-0.1, -0.05) is 22.0 Å². The van der Waals surface area contributed by atoms with Crippen LogP contribution in [0.1, 0.15) is 21.5 Å². The third-order valence-corrected chi connectivity index (χ3v) is 4.12. The molecule has 1 N–H and O–H groups in total. The molecule has 0 radical (unpaired) electrons. The van der Waals surface area contributed by atoms with E-state index in [1.54, 1.807) is 12.1 Å². The maximum atomic E-state index is 12.0. The first-order chi connectivity index (χ1) is 12.0. The van der Waals surface area contributed by atoms with Crippen LogP contribution in [0.25, 0.3) is 0 Å².